The van der Waals surface area contributed by atoms with E-state index in [1.54, 1.807) is 43.3 Å². The average molecular weight is 457 g/mol. The van der Waals surface area contributed by atoms with E-state index in [-0.39, 0.29) is 6.61 Å². The highest BCUT2D eigenvalue weighted by Crippen LogP contribution is 2.31. The van der Waals surface area contributed by atoms with Crippen LogP contribution in [0.25, 0.3) is 0 Å². The summed E-state index contributed by atoms with van der Waals surface area (Å²) >= 11 is 9.36. The summed E-state index contributed by atoms with van der Waals surface area (Å²) in [6.07, 6.45) is -1.01. The van der Waals surface area contributed by atoms with Gasteiger partial charge in [0.15, 0.2) is 12.7 Å². The quantitative estimate of drug-likeness (QED) is 0.626. The van der Waals surface area contributed by atoms with Crippen LogP contribution in [0, 0.1) is 6.92 Å². The van der Waals surface area contributed by atoms with Crippen molar-refractivity contribution in [3.05, 3.63) is 51.5 Å². The molecule has 0 heterocycles. The smallest absolute Gasteiger partial charge is 0.344 e. The topological polar surface area (TPSA) is 73.9 Å². The third kappa shape index (κ3) is 6.15. The number of hydrogen-bond donors (Lipinski definition) is 1. The maximum Gasteiger partial charge on any atom is 0.344 e. The van der Waals surface area contributed by atoms with Gasteiger partial charge in [0, 0.05) is 15.6 Å². The number of carbonyl (C=O) groups excluding carboxylic acids is 2. The van der Waals surface area contributed by atoms with Gasteiger partial charge in [0.2, 0.25) is 0 Å². The second kappa shape index (κ2) is 9.62. The van der Waals surface area contributed by atoms with Crippen molar-refractivity contribution in [1.29, 1.82) is 0 Å². The van der Waals surface area contributed by atoms with E-state index >= 15 is 0 Å². The third-order valence-electron chi connectivity index (χ3n) is 3.59. The molecular weight excluding hydrogens is 438 g/mol. The highest BCUT2D eigenvalue weighted by atomic mass is 79.9. The van der Waals surface area contributed by atoms with E-state index in [4.69, 9.17) is 25.8 Å². The maximum absolute atomic E-state index is 12.3. The molecule has 1 atom stereocenters. The predicted molar refractivity (Wildman–Crippen MR) is 107 cm³/mol. The number of ether oxygens (including phenoxy) is 3. The van der Waals surface area contributed by atoms with E-state index < -0.39 is 18.0 Å². The van der Waals surface area contributed by atoms with Gasteiger partial charge in [0.05, 0.1) is 12.8 Å². The molecule has 0 aliphatic rings. The lowest BCUT2D eigenvalue weighted by molar-refractivity contribution is -0.155. The number of esters is 1. The van der Waals surface area contributed by atoms with Crippen molar-refractivity contribution in [3.8, 4) is 11.5 Å². The van der Waals surface area contributed by atoms with Crippen LogP contribution < -0.4 is 14.8 Å². The average Bonchev–Trinajstić information content (AvgIpc) is 2.63. The summed E-state index contributed by atoms with van der Waals surface area (Å²) < 4.78 is 16.5. The summed E-state index contributed by atoms with van der Waals surface area (Å²) in [6.45, 7) is 2.98. The van der Waals surface area contributed by atoms with Crippen LogP contribution in [0.1, 0.15) is 12.5 Å². The normalized spacial score (nSPS) is 11.4. The largest absolute Gasteiger partial charge is 0.495 e. The van der Waals surface area contributed by atoms with Gasteiger partial charge < -0.3 is 19.5 Å². The minimum absolute atomic E-state index is 0.303. The van der Waals surface area contributed by atoms with Gasteiger partial charge >= 0.3 is 5.97 Å². The Bertz CT molecular complexity index is 826. The zero-order chi connectivity index (χ0) is 20.0. The third-order valence-corrected chi connectivity index (χ3v) is 4.52. The SMILES string of the molecule is COc1cc(Cl)c(C)cc1NC(=O)C(C)OC(=O)COc1ccc(Br)cc1. The molecule has 1 N–H and O–H groups in total. The molecule has 0 radical (unpaired) electrons. The number of benzene rings is 2. The molecule has 2 rings (SSSR count). The van der Waals surface area contributed by atoms with E-state index in [1.807, 2.05) is 0 Å². The van der Waals surface area contributed by atoms with Crippen molar-refractivity contribution in [2.75, 3.05) is 19.0 Å². The van der Waals surface area contributed by atoms with E-state index in [0.717, 1.165) is 10.0 Å². The molecule has 1 amide bonds. The van der Waals surface area contributed by atoms with Gasteiger partial charge in [0.1, 0.15) is 11.5 Å². The number of halogens is 2. The fraction of sp³-hybridized carbons (Fsp3) is 0.263. The zero-order valence-corrected chi connectivity index (χ0v) is 17.4. The first kappa shape index (κ1) is 21.1. The molecule has 8 heteroatoms. The molecule has 0 fully saturated rings. The Kier molecular flexibility index (Phi) is 7.50. The molecule has 0 spiro atoms. The summed E-state index contributed by atoms with van der Waals surface area (Å²) in [6, 6.07) is 10.3. The first-order valence-corrected chi connectivity index (χ1v) is 9.20. The molecule has 2 aromatic carbocycles. The maximum atomic E-state index is 12.3. The molecule has 0 saturated carbocycles. The summed E-state index contributed by atoms with van der Waals surface area (Å²) in [7, 11) is 1.47. The van der Waals surface area contributed by atoms with E-state index in [0.29, 0.717) is 22.2 Å². The van der Waals surface area contributed by atoms with E-state index in [2.05, 4.69) is 21.2 Å². The lowest BCUT2D eigenvalue weighted by Crippen LogP contribution is -2.31. The van der Waals surface area contributed by atoms with Crippen LogP contribution in [-0.2, 0) is 14.3 Å². The standard InChI is InChI=1S/C19H19BrClNO5/c1-11-8-16(17(25-3)9-15(11)21)22-19(24)12(2)27-18(23)10-26-14-6-4-13(20)5-7-14/h4-9,12H,10H2,1-3H3,(H,22,24). The van der Waals surface area contributed by atoms with Gasteiger partial charge in [-0.05, 0) is 49.7 Å². The molecular formula is C19H19BrClNO5. The number of anilines is 1. The van der Waals surface area contributed by atoms with Crippen LogP contribution in [-0.4, -0.2) is 31.7 Å². The zero-order valence-electron chi connectivity index (χ0n) is 15.0. The summed E-state index contributed by atoms with van der Waals surface area (Å²) in [5.74, 6) is -0.212. The van der Waals surface area contributed by atoms with Gasteiger partial charge in [-0.2, -0.15) is 0 Å². The minimum Gasteiger partial charge on any atom is -0.495 e. The molecule has 6 nitrogen and oxygen atoms in total. The lowest BCUT2D eigenvalue weighted by Gasteiger charge is -2.16. The monoisotopic (exact) mass is 455 g/mol. The van der Waals surface area contributed by atoms with Crippen LogP contribution >= 0.6 is 27.5 Å². The van der Waals surface area contributed by atoms with Gasteiger partial charge in [-0.3, -0.25) is 4.79 Å². The van der Waals surface area contributed by atoms with Gasteiger partial charge in [-0.25, -0.2) is 4.79 Å². The van der Waals surface area contributed by atoms with Crippen LogP contribution in [0.5, 0.6) is 11.5 Å². The van der Waals surface area contributed by atoms with Crippen molar-refractivity contribution in [2.24, 2.45) is 0 Å². The fourth-order valence-electron chi connectivity index (χ4n) is 2.12. The summed E-state index contributed by atoms with van der Waals surface area (Å²) in [5.41, 5.74) is 1.22. The Labute approximate surface area is 170 Å². The Hall–Kier alpha value is -2.25. The highest BCUT2D eigenvalue weighted by molar-refractivity contribution is 9.10. The molecule has 0 aliphatic carbocycles. The lowest BCUT2D eigenvalue weighted by atomic mass is 10.2. The highest BCUT2D eigenvalue weighted by Gasteiger charge is 2.20. The van der Waals surface area contributed by atoms with E-state index in [1.165, 1.54) is 14.0 Å². The van der Waals surface area contributed by atoms with Gasteiger partial charge in [-0.1, -0.05) is 27.5 Å². The Morgan fingerprint density at radius 1 is 1.22 bits per heavy atom. The van der Waals surface area contributed by atoms with Crippen LogP contribution in [0.3, 0.4) is 0 Å². The van der Waals surface area contributed by atoms with Crippen molar-refractivity contribution < 1.29 is 23.8 Å². The Balaban J connectivity index is 1.90. The number of nitrogens with one attached hydrogen (secondary N) is 1. The van der Waals surface area contributed by atoms with Crippen molar-refractivity contribution in [2.45, 2.75) is 20.0 Å². The summed E-state index contributed by atoms with van der Waals surface area (Å²) in [5, 5.41) is 3.19. The predicted octanol–water partition coefficient (Wildman–Crippen LogP) is 4.37. The molecule has 144 valence electrons. The number of carbonyl (C=O) groups is 2. The van der Waals surface area contributed by atoms with Crippen molar-refractivity contribution in [3.63, 3.8) is 0 Å². The number of aryl methyl sites for hydroxylation is 1. The first-order valence-electron chi connectivity index (χ1n) is 8.03. The van der Waals surface area contributed by atoms with Gasteiger partial charge in [0.25, 0.3) is 5.91 Å². The Morgan fingerprint density at radius 3 is 2.52 bits per heavy atom. The van der Waals surface area contributed by atoms with E-state index in [9.17, 15) is 9.59 Å². The molecule has 0 aromatic heterocycles. The van der Waals surface area contributed by atoms with Crippen LogP contribution in [0.4, 0.5) is 5.69 Å². The molecule has 0 saturated heterocycles. The number of amides is 1. The Morgan fingerprint density at radius 2 is 1.89 bits per heavy atom. The fourth-order valence-corrected chi connectivity index (χ4v) is 2.54. The molecule has 0 bridgehead atoms. The number of methoxy groups -OCH3 is 1. The molecule has 27 heavy (non-hydrogen) atoms. The minimum atomic E-state index is -1.01. The molecule has 1 unspecified atom stereocenters. The first-order chi connectivity index (χ1) is 12.8. The van der Waals surface area contributed by atoms with Crippen molar-refractivity contribution >= 4 is 45.1 Å². The number of rotatable bonds is 7. The summed E-state index contributed by atoms with van der Waals surface area (Å²) in [4.78, 5) is 24.2. The molecule has 0 aliphatic heterocycles. The number of hydrogen-bond acceptors (Lipinski definition) is 5. The van der Waals surface area contributed by atoms with Gasteiger partial charge in [-0.15, -0.1) is 0 Å². The van der Waals surface area contributed by atoms with Crippen LogP contribution in [0.2, 0.25) is 5.02 Å². The molecule has 2 aromatic rings. The second-order valence-electron chi connectivity index (χ2n) is 5.67. The van der Waals surface area contributed by atoms with Crippen molar-refractivity contribution in [1.82, 2.24) is 0 Å². The van der Waals surface area contributed by atoms with Crippen LogP contribution in [0.15, 0.2) is 40.9 Å². The second-order valence-corrected chi connectivity index (χ2v) is 6.99.